The molecule has 0 heterocycles. The summed E-state index contributed by atoms with van der Waals surface area (Å²) in [5, 5.41) is 10.3. The van der Waals surface area contributed by atoms with E-state index in [4.69, 9.17) is 4.74 Å². The zero-order valence-electron chi connectivity index (χ0n) is 16.4. The van der Waals surface area contributed by atoms with E-state index < -0.39 is 6.10 Å². The molecular formula is C22H34O3. The van der Waals surface area contributed by atoms with Gasteiger partial charge in [0, 0.05) is 12.3 Å². The third-order valence-corrected chi connectivity index (χ3v) is 7.41. The van der Waals surface area contributed by atoms with E-state index >= 15 is 0 Å². The van der Waals surface area contributed by atoms with Crippen molar-refractivity contribution < 1.29 is 14.6 Å². The average Bonchev–Trinajstić information content (AvgIpc) is 2.91. The van der Waals surface area contributed by atoms with Gasteiger partial charge < -0.3 is 9.84 Å². The van der Waals surface area contributed by atoms with E-state index in [1.165, 1.54) is 19.8 Å². The first-order valence-corrected chi connectivity index (χ1v) is 9.84. The van der Waals surface area contributed by atoms with Crippen LogP contribution in [0.3, 0.4) is 0 Å². The van der Waals surface area contributed by atoms with E-state index in [1.54, 1.807) is 0 Å². The summed E-state index contributed by atoms with van der Waals surface area (Å²) in [7, 11) is 0. The van der Waals surface area contributed by atoms with Gasteiger partial charge >= 0.3 is 5.97 Å². The van der Waals surface area contributed by atoms with Crippen LogP contribution in [0.15, 0.2) is 23.8 Å². The molecule has 0 bridgehead atoms. The van der Waals surface area contributed by atoms with Crippen LogP contribution in [-0.4, -0.2) is 23.3 Å². The maximum absolute atomic E-state index is 11.7. The highest BCUT2D eigenvalue weighted by Crippen LogP contribution is 2.73. The molecule has 0 radical (unpaired) electrons. The summed E-state index contributed by atoms with van der Waals surface area (Å²) in [5.74, 6) is 2.89. The van der Waals surface area contributed by atoms with Crippen LogP contribution in [0.25, 0.3) is 0 Å². The molecule has 0 aliphatic heterocycles. The van der Waals surface area contributed by atoms with E-state index in [1.807, 2.05) is 19.9 Å². The standard InChI is InChI=1S/C22H34O3/c1-12(2)9-16(24)10-14(4)17-11-19(25-15(5)23)22(6)18-8-7-13(3)20(18)21(17)22/h9,13,16-21,24H,4,7-8,10-11H2,1-3,5-6H3. The summed E-state index contributed by atoms with van der Waals surface area (Å²) in [4.78, 5) is 11.7. The minimum atomic E-state index is -0.464. The molecule has 3 aliphatic carbocycles. The van der Waals surface area contributed by atoms with E-state index in [9.17, 15) is 9.90 Å². The number of aliphatic hydroxyl groups excluding tert-OH is 1. The van der Waals surface area contributed by atoms with Gasteiger partial charge in [0.25, 0.3) is 0 Å². The van der Waals surface area contributed by atoms with Gasteiger partial charge in [0.15, 0.2) is 0 Å². The maximum Gasteiger partial charge on any atom is 0.302 e. The van der Waals surface area contributed by atoms with Crippen molar-refractivity contribution in [3.63, 3.8) is 0 Å². The van der Waals surface area contributed by atoms with Gasteiger partial charge in [-0.3, -0.25) is 4.79 Å². The summed E-state index contributed by atoms with van der Waals surface area (Å²) in [5.41, 5.74) is 2.35. The first-order valence-electron chi connectivity index (χ1n) is 9.84. The fraction of sp³-hybridized carbons (Fsp3) is 0.773. The Labute approximate surface area is 152 Å². The molecule has 1 N–H and O–H groups in total. The zero-order valence-corrected chi connectivity index (χ0v) is 16.4. The molecule has 0 saturated heterocycles. The molecule has 8 atom stereocenters. The Morgan fingerprint density at radius 3 is 2.64 bits per heavy atom. The molecule has 3 nitrogen and oxygen atoms in total. The van der Waals surface area contributed by atoms with Crippen molar-refractivity contribution in [3.8, 4) is 0 Å². The number of allylic oxidation sites excluding steroid dienone is 1. The number of hydrogen-bond donors (Lipinski definition) is 1. The lowest BCUT2D eigenvalue weighted by atomic mass is 9.46. The molecule has 8 unspecified atom stereocenters. The Morgan fingerprint density at radius 2 is 2.04 bits per heavy atom. The lowest BCUT2D eigenvalue weighted by molar-refractivity contribution is -0.177. The number of rotatable bonds is 5. The van der Waals surface area contributed by atoms with Gasteiger partial charge in [-0.1, -0.05) is 44.1 Å². The summed E-state index contributed by atoms with van der Waals surface area (Å²) in [6.07, 6.45) is 5.48. The fourth-order valence-electron chi connectivity index (χ4n) is 6.54. The minimum absolute atomic E-state index is 0.00361. The first-order chi connectivity index (χ1) is 11.7. The van der Waals surface area contributed by atoms with E-state index in [-0.39, 0.29) is 17.5 Å². The zero-order chi connectivity index (χ0) is 18.5. The lowest BCUT2D eigenvalue weighted by Gasteiger charge is -2.59. The minimum Gasteiger partial charge on any atom is -0.462 e. The Balaban J connectivity index is 1.81. The van der Waals surface area contributed by atoms with Crippen molar-refractivity contribution in [3.05, 3.63) is 23.8 Å². The molecule has 0 aromatic carbocycles. The van der Waals surface area contributed by atoms with Crippen LogP contribution in [0.5, 0.6) is 0 Å². The van der Waals surface area contributed by atoms with E-state index in [2.05, 4.69) is 20.4 Å². The number of carbonyl (C=O) groups excluding carboxylic acids is 1. The molecule has 3 heteroatoms. The molecule has 0 amide bonds. The van der Waals surface area contributed by atoms with Crippen molar-refractivity contribution in [1.29, 1.82) is 0 Å². The number of esters is 1. The van der Waals surface area contributed by atoms with Crippen LogP contribution in [0.2, 0.25) is 0 Å². The normalized spacial score (nSPS) is 42.8. The smallest absolute Gasteiger partial charge is 0.302 e. The fourth-order valence-corrected chi connectivity index (χ4v) is 6.54. The summed E-state index contributed by atoms with van der Waals surface area (Å²) in [6, 6.07) is 0. The molecule has 140 valence electrons. The molecule has 0 spiro atoms. The van der Waals surface area contributed by atoms with Crippen LogP contribution < -0.4 is 0 Å². The number of hydrogen-bond acceptors (Lipinski definition) is 3. The van der Waals surface area contributed by atoms with Gasteiger partial charge in [-0.25, -0.2) is 0 Å². The van der Waals surface area contributed by atoms with Gasteiger partial charge in [-0.05, 0) is 62.7 Å². The first kappa shape index (κ1) is 18.7. The largest absolute Gasteiger partial charge is 0.462 e. The van der Waals surface area contributed by atoms with Gasteiger partial charge in [0.1, 0.15) is 6.10 Å². The molecule has 25 heavy (non-hydrogen) atoms. The van der Waals surface area contributed by atoms with E-state index in [0.717, 1.165) is 29.4 Å². The quantitative estimate of drug-likeness (QED) is 0.588. The number of aliphatic hydroxyl groups is 1. The second-order valence-electron chi connectivity index (χ2n) is 9.24. The Morgan fingerprint density at radius 1 is 1.36 bits per heavy atom. The van der Waals surface area contributed by atoms with Crippen molar-refractivity contribution in [2.75, 3.05) is 0 Å². The van der Waals surface area contributed by atoms with Crippen LogP contribution in [0.1, 0.15) is 60.3 Å². The average molecular weight is 347 g/mol. The van der Waals surface area contributed by atoms with Crippen LogP contribution >= 0.6 is 0 Å². The third-order valence-electron chi connectivity index (χ3n) is 7.41. The van der Waals surface area contributed by atoms with E-state index in [0.29, 0.717) is 24.2 Å². The Bertz CT molecular complexity index is 588. The van der Waals surface area contributed by atoms with Crippen LogP contribution in [0.4, 0.5) is 0 Å². The number of ether oxygens (including phenoxy) is 1. The highest BCUT2D eigenvalue weighted by molar-refractivity contribution is 5.66. The summed E-state index contributed by atoms with van der Waals surface area (Å²) < 4.78 is 5.79. The summed E-state index contributed by atoms with van der Waals surface area (Å²) in [6.45, 7) is 14.6. The molecule has 0 aromatic rings. The Kier molecular flexibility index (Phi) is 4.91. The van der Waals surface area contributed by atoms with Crippen molar-refractivity contribution in [1.82, 2.24) is 0 Å². The predicted molar refractivity (Wildman–Crippen MR) is 99.8 cm³/mol. The predicted octanol–water partition coefficient (Wildman–Crippen LogP) is 4.51. The SMILES string of the molecule is C=C(CC(O)C=C(C)C)C1CC(OC(C)=O)C2(C)C3CCC(C)C3C12. The molecular weight excluding hydrogens is 312 g/mol. The third kappa shape index (κ3) is 2.99. The summed E-state index contributed by atoms with van der Waals surface area (Å²) >= 11 is 0. The van der Waals surface area contributed by atoms with Crippen LogP contribution in [0, 0.1) is 35.0 Å². The molecule has 3 aliphatic rings. The monoisotopic (exact) mass is 346 g/mol. The molecule has 0 aromatic heterocycles. The van der Waals surface area contributed by atoms with Gasteiger partial charge in [0.05, 0.1) is 6.10 Å². The molecule has 3 rings (SSSR count). The second-order valence-corrected chi connectivity index (χ2v) is 9.24. The lowest BCUT2D eigenvalue weighted by Crippen LogP contribution is -2.57. The molecule has 3 fully saturated rings. The van der Waals surface area contributed by atoms with Gasteiger partial charge in [-0.2, -0.15) is 0 Å². The Hall–Kier alpha value is -1.09. The van der Waals surface area contributed by atoms with Crippen molar-refractivity contribution >= 4 is 5.97 Å². The highest BCUT2D eigenvalue weighted by Gasteiger charge is 2.71. The topological polar surface area (TPSA) is 46.5 Å². The highest BCUT2D eigenvalue weighted by atomic mass is 16.5. The maximum atomic E-state index is 11.7. The van der Waals surface area contributed by atoms with Gasteiger partial charge in [-0.15, -0.1) is 0 Å². The van der Waals surface area contributed by atoms with Crippen LogP contribution in [-0.2, 0) is 9.53 Å². The number of carbonyl (C=O) groups is 1. The van der Waals surface area contributed by atoms with Crippen molar-refractivity contribution in [2.45, 2.75) is 72.5 Å². The van der Waals surface area contributed by atoms with Gasteiger partial charge in [0.2, 0.25) is 0 Å². The molecule has 3 saturated carbocycles. The van der Waals surface area contributed by atoms with Crippen molar-refractivity contribution in [2.24, 2.45) is 35.0 Å². The second kappa shape index (κ2) is 6.57. The number of fused-ring (bicyclic) bond motifs is 4.